The van der Waals surface area contributed by atoms with Crippen molar-refractivity contribution in [2.24, 2.45) is 5.16 Å². The van der Waals surface area contributed by atoms with Gasteiger partial charge >= 0.3 is 29.8 Å². The van der Waals surface area contributed by atoms with E-state index in [1.165, 1.54) is 48.5 Å². The standard InChI is InChI=1S/C48H39NO11/c50-44(35-21-9-2-10-22-35)55-32-40(49-57-31-34-19-7-1-8-20-34)42(59-47(53)38-27-15-5-16-28-38)43(60-48(54)39-29-17-6-18-30-39)41(58-46(52)37-25-13-4-14-26-37)33-56-45(51)36-23-11-3-12-24-36/h1-30,41-43H,31-33H2/b49-40+/t41-,42-,43-/m1/s1. The van der Waals surface area contributed by atoms with E-state index in [1.807, 2.05) is 6.07 Å². The lowest BCUT2D eigenvalue weighted by atomic mass is 10.0. The van der Waals surface area contributed by atoms with Crippen molar-refractivity contribution in [1.82, 2.24) is 0 Å². The van der Waals surface area contributed by atoms with E-state index in [1.54, 1.807) is 127 Å². The summed E-state index contributed by atoms with van der Waals surface area (Å²) in [5.74, 6) is -4.29. The van der Waals surface area contributed by atoms with Crippen LogP contribution in [0.2, 0.25) is 0 Å². The topological polar surface area (TPSA) is 153 Å². The molecule has 12 nitrogen and oxygen atoms in total. The van der Waals surface area contributed by atoms with Crippen LogP contribution in [-0.2, 0) is 35.1 Å². The van der Waals surface area contributed by atoms with Crippen LogP contribution in [0.1, 0.15) is 57.4 Å². The van der Waals surface area contributed by atoms with E-state index in [9.17, 15) is 24.0 Å². The van der Waals surface area contributed by atoms with E-state index >= 15 is 0 Å². The monoisotopic (exact) mass is 805 g/mol. The molecule has 6 rings (SSSR count). The zero-order chi connectivity index (χ0) is 41.9. The number of rotatable bonds is 18. The van der Waals surface area contributed by atoms with Gasteiger partial charge in [-0.25, -0.2) is 24.0 Å². The summed E-state index contributed by atoms with van der Waals surface area (Å²) in [5, 5.41) is 4.32. The maximum atomic E-state index is 14.0. The molecule has 0 amide bonds. The maximum Gasteiger partial charge on any atom is 0.338 e. The number of ether oxygens (including phenoxy) is 5. The smallest absolute Gasteiger partial charge is 0.338 e. The van der Waals surface area contributed by atoms with Crippen molar-refractivity contribution in [2.75, 3.05) is 13.2 Å². The molecule has 0 spiro atoms. The highest BCUT2D eigenvalue weighted by Gasteiger charge is 2.43. The van der Waals surface area contributed by atoms with Crippen LogP contribution >= 0.6 is 0 Å². The van der Waals surface area contributed by atoms with Crippen molar-refractivity contribution in [1.29, 1.82) is 0 Å². The highest BCUT2D eigenvalue weighted by molar-refractivity contribution is 5.98. The minimum absolute atomic E-state index is 0.0775. The quantitative estimate of drug-likeness (QED) is 0.0360. The van der Waals surface area contributed by atoms with Gasteiger partial charge in [0.1, 0.15) is 25.5 Å². The molecule has 302 valence electrons. The lowest BCUT2D eigenvalue weighted by molar-refractivity contribution is -0.0880. The normalized spacial score (nSPS) is 12.4. The Labute approximate surface area is 345 Å². The van der Waals surface area contributed by atoms with Crippen molar-refractivity contribution in [3.63, 3.8) is 0 Å². The molecule has 0 unspecified atom stereocenters. The zero-order valence-electron chi connectivity index (χ0n) is 32.1. The lowest BCUT2D eigenvalue weighted by Crippen LogP contribution is -2.52. The summed E-state index contributed by atoms with van der Waals surface area (Å²) in [5.41, 5.74) is 1.12. The summed E-state index contributed by atoms with van der Waals surface area (Å²) in [4.78, 5) is 74.4. The van der Waals surface area contributed by atoms with Gasteiger partial charge in [0.05, 0.1) is 27.8 Å². The van der Waals surface area contributed by atoms with Crippen LogP contribution in [0.25, 0.3) is 0 Å². The molecule has 6 aromatic carbocycles. The van der Waals surface area contributed by atoms with Gasteiger partial charge in [-0.15, -0.1) is 0 Å². The fourth-order valence-corrected chi connectivity index (χ4v) is 5.69. The second kappa shape index (κ2) is 21.6. The zero-order valence-corrected chi connectivity index (χ0v) is 32.1. The van der Waals surface area contributed by atoms with Crippen LogP contribution in [0.15, 0.2) is 187 Å². The van der Waals surface area contributed by atoms with E-state index in [0.717, 1.165) is 0 Å². The summed E-state index contributed by atoms with van der Waals surface area (Å²) >= 11 is 0. The number of carbonyl (C=O) groups is 5. The summed E-state index contributed by atoms with van der Waals surface area (Å²) < 4.78 is 29.7. The predicted molar refractivity (Wildman–Crippen MR) is 219 cm³/mol. The van der Waals surface area contributed by atoms with Crippen molar-refractivity contribution in [3.8, 4) is 0 Å². The Morgan fingerprint density at radius 2 is 0.783 bits per heavy atom. The Hall–Kier alpha value is -7.86. The molecule has 60 heavy (non-hydrogen) atoms. The molecular formula is C48H39NO11. The fourth-order valence-electron chi connectivity index (χ4n) is 5.69. The van der Waals surface area contributed by atoms with Gasteiger partial charge in [0.15, 0.2) is 18.3 Å². The summed E-state index contributed by atoms with van der Waals surface area (Å²) in [7, 11) is 0. The van der Waals surface area contributed by atoms with E-state index in [2.05, 4.69) is 5.16 Å². The Balaban J connectivity index is 1.47. The Morgan fingerprint density at radius 3 is 1.23 bits per heavy atom. The van der Waals surface area contributed by atoms with Gasteiger partial charge in [-0.3, -0.25) is 0 Å². The summed E-state index contributed by atoms with van der Waals surface area (Å²) in [6.07, 6.45) is -5.32. The highest BCUT2D eigenvalue weighted by Crippen LogP contribution is 2.22. The number of hydrogen-bond donors (Lipinski definition) is 0. The first-order valence-corrected chi connectivity index (χ1v) is 18.8. The highest BCUT2D eigenvalue weighted by atomic mass is 16.6. The van der Waals surface area contributed by atoms with Gasteiger partial charge in [0.2, 0.25) is 0 Å². The third-order valence-corrected chi connectivity index (χ3v) is 8.76. The van der Waals surface area contributed by atoms with Gasteiger partial charge in [-0.1, -0.05) is 126 Å². The number of hydrogen-bond acceptors (Lipinski definition) is 12. The molecule has 0 saturated carbocycles. The van der Waals surface area contributed by atoms with Crippen LogP contribution in [0.3, 0.4) is 0 Å². The number of oxime groups is 1. The molecule has 3 atom stereocenters. The van der Waals surface area contributed by atoms with E-state index in [0.29, 0.717) is 5.56 Å². The molecule has 0 aromatic heterocycles. The first kappa shape index (κ1) is 41.8. The molecule has 0 aliphatic rings. The molecule has 6 aromatic rings. The van der Waals surface area contributed by atoms with Crippen LogP contribution in [-0.4, -0.2) is 67.1 Å². The first-order chi connectivity index (χ1) is 29.4. The Kier molecular flexibility index (Phi) is 15.0. The van der Waals surface area contributed by atoms with Crippen molar-refractivity contribution >= 4 is 35.6 Å². The minimum Gasteiger partial charge on any atom is -0.458 e. The molecule has 0 heterocycles. The molecule has 0 radical (unpaired) electrons. The Morgan fingerprint density at radius 1 is 0.417 bits per heavy atom. The second-order valence-electron chi connectivity index (χ2n) is 13.0. The van der Waals surface area contributed by atoms with E-state index in [4.69, 9.17) is 28.5 Å². The van der Waals surface area contributed by atoms with Gasteiger partial charge in [-0.05, 0) is 66.2 Å². The van der Waals surface area contributed by atoms with Crippen molar-refractivity contribution in [2.45, 2.75) is 24.9 Å². The minimum atomic E-state index is -1.82. The van der Waals surface area contributed by atoms with Crippen molar-refractivity contribution < 1.29 is 52.5 Å². The van der Waals surface area contributed by atoms with Gasteiger partial charge in [0.25, 0.3) is 0 Å². The van der Waals surface area contributed by atoms with Crippen molar-refractivity contribution in [3.05, 3.63) is 215 Å². The van der Waals surface area contributed by atoms with Crippen LogP contribution in [0.4, 0.5) is 0 Å². The summed E-state index contributed by atoms with van der Waals surface area (Å²) in [6.45, 7) is -1.45. The molecule has 0 fully saturated rings. The van der Waals surface area contributed by atoms with Gasteiger partial charge < -0.3 is 28.5 Å². The number of esters is 5. The molecule has 0 aliphatic heterocycles. The number of nitrogens with zero attached hydrogens (tertiary/aromatic N) is 1. The van der Waals surface area contributed by atoms with Crippen LogP contribution in [0.5, 0.6) is 0 Å². The van der Waals surface area contributed by atoms with E-state index in [-0.39, 0.29) is 40.1 Å². The van der Waals surface area contributed by atoms with E-state index < -0.39 is 61.4 Å². The lowest BCUT2D eigenvalue weighted by Gasteiger charge is -2.32. The Bertz CT molecular complexity index is 2340. The molecule has 12 heteroatoms. The average molecular weight is 806 g/mol. The number of carbonyl (C=O) groups excluding carboxylic acids is 5. The van der Waals surface area contributed by atoms with Gasteiger partial charge in [-0.2, -0.15) is 0 Å². The third kappa shape index (κ3) is 12.1. The predicted octanol–water partition coefficient (Wildman–Crippen LogP) is 7.95. The number of benzene rings is 6. The molecular weight excluding hydrogens is 767 g/mol. The van der Waals surface area contributed by atoms with Crippen LogP contribution in [0, 0.1) is 0 Å². The fraction of sp³-hybridized carbons (Fsp3) is 0.125. The van der Waals surface area contributed by atoms with Crippen LogP contribution < -0.4 is 0 Å². The molecule has 0 aliphatic carbocycles. The summed E-state index contributed by atoms with van der Waals surface area (Å²) in [6, 6.07) is 49.0. The molecule has 0 N–H and O–H groups in total. The molecule has 0 saturated heterocycles. The average Bonchev–Trinajstić information content (AvgIpc) is 3.31. The third-order valence-electron chi connectivity index (χ3n) is 8.76. The first-order valence-electron chi connectivity index (χ1n) is 18.8. The maximum absolute atomic E-state index is 14.0. The SMILES string of the molecule is O=C(OC/C(=N\OCc1ccccc1)[C@@H](OC(=O)c1ccccc1)[C@H](OC(=O)c1ccccc1)[C@@H](COC(=O)c1ccccc1)OC(=O)c1ccccc1)c1ccccc1. The largest absolute Gasteiger partial charge is 0.458 e. The molecule has 0 bridgehead atoms. The second-order valence-corrected chi connectivity index (χ2v) is 13.0. The van der Waals surface area contributed by atoms with Gasteiger partial charge in [0, 0.05) is 0 Å².